The molecule has 144 valence electrons. The summed E-state index contributed by atoms with van der Waals surface area (Å²) in [5, 5.41) is 14.0. The van der Waals surface area contributed by atoms with Gasteiger partial charge in [0.2, 0.25) is 5.88 Å². The molecule has 0 aliphatic rings. The van der Waals surface area contributed by atoms with E-state index in [9.17, 15) is 0 Å². The van der Waals surface area contributed by atoms with Crippen molar-refractivity contribution in [3.05, 3.63) is 41.1 Å². The lowest BCUT2D eigenvalue weighted by molar-refractivity contribution is 0.185. The third-order valence-electron chi connectivity index (χ3n) is 4.33. The second-order valence-electron chi connectivity index (χ2n) is 6.39. The summed E-state index contributed by atoms with van der Waals surface area (Å²) in [6.07, 6.45) is 1.89. The van der Waals surface area contributed by atoms with Crippen LogP contribution in [0.25, 0.3) is 11.4 Å². The van der Waals surface area contributed by atoms with Gasteiger partial charge in [0.15, 0.2) is 11.0 Å². The SMILES string of the molecule is COCCn1c(SCc2cc(C)ccc2C)nnc1-c1cn(C)nc1OC. The van der Waals surface area contributed by atoms with Crippen LogP contribution in [0.1, 0.15) is 16.7 Å². The van der Waals surface area contributed by atoms with Crippen molar-refractivity contribution in [2.75, 3.05) is 20.8 Å². The van der Waals surface area contributed by atoms with Crippen LogP contribution >= 0.6 is 11.8 Å². The maximum Gasteiger partial charge on any atom is 0.243 e. The molecule has 3 aromatic rings. The van der Waals surface area contributed by atoms with Gasteiger partial charge in [-0.25, -0.2) is 0 Å². The molecule has 8 heteroatoms. The predicted molar refractivity (Wildman–Crippen MR) is 106 cm³/mol. The van der Waals surface area contributed by atoms with Gasteiger partial charge in [-0.1, -0.05) is 35.5 Å². The van der Waals surface area contributed by atoms with Crippen molar-refractivity contribution in [1.29, 1.82) is 0 Å². The lowest BCUT2D eigenvalue weighted by Crippen LogP contribution is -2.08. The first kappa shape index (κ1) is 19.4. The van der Waals surface area contributed by atoms with Crippen LogP contribution in [0, 0.1) is 13.8 Å². The molecule has 2 heterocycles. The first-order valence-corrected chi connectivity index (χ1v) is 9.71. The smallest absolute Gasteiger partial charge is 0.243 e. The van der Waals surface area contributed by atoms with Crippen LogP contribution in [-0.4, -0.2) is 45.4 Å². The number of hydrogen-bond donors (Lipinski definition) is 0. The quantitative estimate of drug-likeness (QED) is 0.553. The zero-order chi connectivity index (χ0) is 19.4. The molecule has 0 fully saturated rings. The third-order valence-corrected chi connectivity index (χ3v) is 5.34. The molecule has 0 aliphatic carbocycles. The Balaban J connectivity index is 1.91. The number of methoxy groups -OCH3 is 2. The van der Waals surface area contributed by atoms with E-state index in [2.05, 4.69) is 51.9 Å². The topological polar surface area (TPSA) is 67.0 Å². The minimum absolute atomic E-state index is 0.537. The molecule has 0 N–H and O–H groups in total. The van der Waals surface area contributed by atoms with Crippen LogP contribution in [-0.2, 0) is 24.1 Å². The summed E-state index contributed by atoms with van der Waals surface area (Å²) in [6.45, 7) is 5.48. The molecule has 0 saturated carbocycles. The van der Waals surface area contributed by atoms with Crippen molar-refractivity contribution in [2.24, 2.45) is 7.05 Å². The van der Waals surface area contributed by atoms with Crippen molar-refractivity contribution in [2.45, 2.75) is 31.3 Å². The van der Waals surface area contributed by atoms with Gasteiger partial charge in [0, 0.05) is 26.1 Å². The Morgan fingerprint density at radius 1 is 1.15 bits per heavy atom. The first-order chi connectivity index (χ1) is 13.0. The lowest BCUT2D eigenvalue weighted by Gasteiger charge is -2.10. The highest BCUT2D eigenvalue weighted by Crippen LogP contribution is 2.31. The molecule has 0 spiro atoms. The summed E-state index contributed by atoms with van der Waals surface area (Å²) >= 11 is 1.67. The highest BCUT2D eigenvalue weighted by atomic mass is 32.2. The second kappa shape index (κ2) is 8.58. The van der Waals surface area contributed by atoms with Gasteiger partial charge in [0.1, 0.15) is 5.56 Å². The van der Waals surface area contributed by atoms with Crippen LogP contribution in [0.15, 0.2) is 29.6 Å². The molecule has 0 bridgehead atoms. The Hall–Kier alpha value is -2.32. The van der Waals surface area contributed by atoms with E-state index in [1.165, 1.54) is 16.7 Å². The lowest BCUT2D eigenvalue weighted by atomic mass is 10.1. The molecule has 0 radical (unpaired) electrons. The Morgan fingerprint density at radius 2 is 1.96 bits per heavy atom. The van der Waals surface area contributed by atoms with Gasteiger partial charge >= 0.3 is 0 Å². The van der Waals surface area contributed by atoms with Gasteiger partial charge in [-0.2, -0.15) is 0 Å². The highest BCUT2D eigenvalue weighted by molar-refractivity contribution is 7.98. The average molecular weight is 388 g/mol. The predicted octanol–water partition coefficient (Wildman–Crippen LogP) is 3.24. The normalized spacial score (nSPS) is 11.1. The van der Waals surface area contributed by atoms with Crippen LogP contribution in [0.5, 0.6) is 5.88 Å². The van der Waals surface area contributed by atoms with E-state index in [4.69, 9.17) is 9.47 Å². The molecule has 0 unspecified atom stereocenters. The fourth-order valence-electron chi connectivity index (χ4n) is 2.85. The molecule has 0 aliphatic heterocycles. The van der Waals surface area contributed by atoms with E-state index in [1.807, 2.05) is 13.2 Å². The van der Waals surface area contributed by atoms with Crippen LogP contribution in [0.3, 0.4) is 0 Å². The van der Waals surface area contributed by atoms with Gasteiger partial charge in [-0.15, -0.1) is 15.3 Å². The minimum Gasteiger partial charge on any atom is -0.479 e. The summed E-state index contributed by atoms with van der Waals surface area (Å²) in [7, 11) is 5.16. The molecule has 0 amide bonds. The number of aromatic nitrogens is 5. The molecule has 3 rings (SSSR count). The van der Waals surface area contributed by atoms with Gasteiger partial charge in [0.05, 0.1) is 20.3 Å². The Bertz CT molecular complexity index is 919. The van der Waals surface area contributed by atoms with Gasteiger partial charge in [-0.3, -0.25) is 9.25 Å². The fraction of sp³-hybridized carbons (Fsp3) is 0.421. The Labute approximate surface area is 163 Å². The second-order valence-corrected chi connectivity index (χ2v) is 7.34. The number of rotatable bonds is 8. The van der Waals surface area contributed by atoms with E-state index < -0.39 is 0 Å². The molecular formula is C19H25N5O2S. The van der Waals surface area contributed by atoms with E-state index in [0.29, 0.717) is 19.0 Å². The average Bonchev–Trinajstić information content (AvgIpc) is 3.23. The van der Waals surface area contributed by atoms with Crippen LogP contribution in [0.4, 0.5) is 0 Å². The summed E-state index contributed by atoms with van der Waals surface area (Å²) in [5.74, 6) is 2.11. The number of aryl methyl sites for hydroxylation is 3. The number of ether oxygens (including phenoxy) is 2. The van der Waals surface area contributed by atoms with Crippen molar-refractivity contribution >= 4 is 11.8 Å². The van der Waals surface area contributed by atoms with Crippen molar-refractivity contribution in [3.8, 4) is 17.3 Å². The van der Waals surface area contributed by atoms with E-state index in [0.717, 1.165) is 22.3 Å². The first-order valence-electron chi connectivity index (χ1n) is 8.72. The Kier molecular flexibility index (Phi) is 6.18. The number of benzene rings is 1. The third kappa shape index (κ3) is 4.33. The van der Waals surface area contributed by atoms with Gasteiger partial charge in [-0.05, 0) is 25.0 Å². The Morgan fingerprint density at radius 3 is 2.70 bits per heavy atom. The number of hydrogen-bond acceptors (Lipinski definition) is 6. The largest absolute Gasteiger partial charge is 0.479 e. The van der Waals surface area contributed by atoms with Gasteiger partial charge < -0.3 is 9.47 Å². The van der Waals surface area contributed by atoms with Crippen molar-refractivity contribution in [3.63, 3.8) is 0 Å². The summed E-state index contributed by atoms with van der Waals surface area (Å²) in [5.41, 5.74) is 4.67. The molecule has 27 heavy (non-hydrogen) atoms. The molecule has 1 aromatic carbocycles. The zero-order valence-electron chi connectivity index (χ0n) is 16.4. The minimum atomic E-state index is 0.537. The number of nitrogens with zero attached hydrogens (tertiary/aromatic N) is 5. The highest BCUT2D eigenvalue weighted by Gasteiger charge is 2.20. The summed E-state index contributed by atoms with van der Waals surface area (Å²) in [4.78, 5) is 0. The van der Waals surface area contributed by atoms with Crippen LogP contribution < -0.4 is 4.74 Å². The zero-order valence-corrected chi connectivity index (χ0v) is 17.2. The van der Waals surface area contributed by atoms with Crippen LogP contribution in [0.2, 0.25) is 0 Å². The maximum atomic E-state index is 5.40. The monoisotopic (exact) mass is 387 g/mol. The standard InChI is InChI=1S/C19H25N5O2S/c1-13-6-7-14(2)15(10-13)12-27-19-21-20-17(24(19)8-9-25-4)16-11-23(3)22-18(16)26-5/h6-7,10-11H,8-9,12H2,1-5H3. The molecule has 2 aromatic heterocycles. The fourth-order valence-corrected chi connectivity index (χ4v) is 3.88. The molecular weight excluding hydrogens is 362 g/mol. The summed E-state index contributed by atoms with van der Waals surface area (Å²) < 4.78 is 14.5. The maximum absolute atomic E-state index is 5.40. The van der Waals surface area contributed by atoms with Crippen molar-refractivity contribution < 1.29 is 9.47 Å². The van der Waals surface area contributed by atoms with Crippen molar-refractivity contribution in [1.82, 2.24) is 24.5 Å². The summed E-state index contributed by atoms with van der Waals surface area (Å²) in [6, 6.07) is 6.52. The van der Waals surface area contributed by atoms with E-state index in [1.54, 1.807) is 30.7 Å². The number of thioether (sulfide) groups is 1. The van der Waals surface area contributed by atoms with E-state index in [-0.39, 0.29) is 0 Å². The van der Waals surface area contributed by atoms with E-state index >= 15 is 0 Å². The molecule has 0 saturated heterocycles. The van der Waals surface area contributed by atoms with Gasteiger partial charge in [0.25, 0.3) is 0 Å². The molecule has 7 nitrogen and oxygen atoms in total. The molecule has 0 atom stereocenters.